The van der Waals surface area contributed by atoms with Gasteiger partial charge in [0.15, 0.2) is 5.78 Å². The van der Waals surface area contributed by atoms with Crippen molar-refractivity contribution < 1.29 is 29.3 Å². The Morgan fingerprint density at radius 3 is 2.76 bits per heavy atom. The van der Waals surface area contributed by atoms with Crippen LogP contribution < -0.4 is 0 Å². The first-order valence-corrected chi connectivity index (χ1v) is 8.47. The molecule has 25 heavy (non-hydrogen) atoms. The van der Waals surface area contributed by atoms with E-state index in [0.717, 1.165) is 6.08 Å². The van der Waals surface area contributed by atoms with Gasteiger partial charge < -0.3 is 19.7 Å². The van der Waals surface area contributed by atoms with Crippen LogP contribution in [0.3, 0.4) is 0 Å². The van der Waals surface area contributed by atoms with Crippen LogP contribution in [-0.2, 0) is 19.1 Å². The molecule has 0 aromatic rings. The van der Waals surface area contributed by atoms with E-state index in [-0.39, 0.29) is 41.0 Å². The molecule has 2 aliphatic heterocycles. The van der Waals surface area contributed by atoms with E-state index in [2.05, 4.69) is 0 Å². The van der Waals surface area contributed by atoms with Crippen molar-refractivity contribution in [3.63, 3.8) is 0 Å². The molecule has 0 radical (unpaired) electrons. The number of epoxide rings is 1. The number of cyclic esters (lactones) is 1. The highest BCUT2D eigenvalue weighted by Gasteiger charge is 2.42. The maximum absolute atomic E-state index is 12.5. The second kappa shape index (κ2) is 7.06. The van der Waals surface area contributed by atoms with Crippen LogP contribution in [0.25, 0.3) is 0 Å². The molecule has 0 bridgehead atoms. The number of ketones is 1. The third-order valence-electron chi connectivity index (χ3n) is 4.45. The van der Waals surface area contributed by atoms with Crippen molar-refractivity contribution in [3.8, 4) is 0 Å². The molecular formula is C18H19ClO6. The Kier molecular flexibility index (Phi) is 5.01. The average molecular weight is 367 g/mol. The van der Waals surface area contributed by atoms with Gasteiger partial charge in [-0.05, 0) is 13.0 Å². The molecule has 3 aliphatic rings. The first-order chi connectivity index (χ1) is 11.9. The third kappa shape index (κ3) is 3.96. The number of allylic oxidation sites excluding steroid dienone is 5. The molecule has 0 saturated carbocycles. The number of carbonyl (C=O) groups is 2. The Morgan fingerprint density at radius 2 is 2.00 bits per heavy atom. The fourth-order valence-corrected chi connectivity index (χ4v) is 3.37. The maximum Gasteiger partial charge on any atom is 0.317 e. The Labute approximate surface area is 150 Å². The van der Waals surface area contributed by atoms with Crippen LogP contribution in [0.2, 0.25) is 0 Å². The van der Waals surface area contributed by atoms with Gasteiger partial charge in [0.1, 0.15) is 29.6 Å². The maximum atomic E-state index is 12.5. The van der Waals surface area contributed by atoms with Crippen LogP contribution in [0.4, 0.5) is 0 Å². The lowest BCUT2D eigenvalue weighted by molar-refractivity contribution is -0.154. The number of halogens is 1. The van der Waals surface area contributed by atoms with Crippen LogP contribution in [0, 0.1) is 11.8 Å². The summed E-state index contributed by atoms with van der Waals surface area (Å²) >= 11 is 6.11. The molecule has 1 aliphatic carbocycles. The fraction of sp³-hybridized carbons (Fsp3) is 0.444. The summed E-state index contributed by atoms with van der Waals surface area (Å²) in [6.45, 7) is 1.74. The van der Waals surface area contributed by atoms with Crippen molar-refractivity contribution in [1.82, 2.24) is 0 Å². The zero-order valence-corrected chi connectivity index (χ0v) is 14.3. The van der Waals surface area contributed by atoms with Gasteiger partial charge in [0.25, 0.3) is 0 Å². The highest BCUT2D eigenvalue weighted by molar-refractivity contribution is 6.30. The molecule has 2 N–H and O–H groups in total. The number of ether oxygens (including phenoxy) is 2. The molecule has 0 amide bonds. The van der Waals surface area contributed by atoms with Crippen molar-refractivity contribution in [2.75, 3.05) is 0 Å². The largest absolute Gasteiger partial charge is 0.511 e. The lowest BCUT2D eigenvalue weighted by atomic mass is 9.82. The summed E-state index contributed by atoms with van der Waals surface area (Å²) in [5.41, 5.74) is 0. The summed E-state index contributed by atoms with van der Waals surface area (Å²) in [5, 5.41) is 19.9. The quantitative estimate of drug-likeness (QED) is 0.505. The summed E-state index contributed by atoms with van der Waals surface area (Å²) in [5.74, 6) is -3.69. The molecule has 1 fully saturated rings. The van der Waals surface area contributed by atoms with Gasteiger partial charge in [-0.3, -0.25) is 9.59 Å². The number of hydrogen-bond donors (Lipinski definition) is 2. The van der Waals surface area contributed by atoms with Gasteiger partial charge in [-0.15, -0.1) is 0 Å². The van der Waals surface area contributed by atoms with Crippen molar-refractivity contribution in [2.45, 2.75) is 38.1 Å². The minimum atomic E-state index is -1.13. The molecule has 2 heterocycles. The zero-order valence-electron chi connectivity index (χ0n) is 13.6. The number of hydrogen-bond acceptors (Lipinski definition) is 6. The minimum Gasteiger partial charge on any atom is -0.511 e. The van der Waals surface area contributed by atoms with E-state index >= 15 is 0 Å². The number of esters is 1. The highest BCUT2D eigenvalue weighted by atomic mass is 35.5. The lowest BCUT2D eigenvalue weighted by Gasteiger charge is -2.28. The molecule has 0 aromatic heterocycles. The van der Waals surface area contributed by atoms with E-state index in [9.17, 15) is 19.8 Å². The summed E-state index contributed by atoms with van der Waals surface area (Å²) in [6, 6.07) is 0. The number of aliphatic hydroxyl groups excluding tert-OH is 2. The van der Waals surface area contributed by atoms with Crippen LogP contribution in [0.1, 0.15) is 19.8 Å². The smallest absolute Gasteiger partial charge is 0.317 e. The number of rotatable bonds is 0. The van der Waals surface area contributed by atoms with Gasteiger partial charge in [-0.25, -0.2) is 0 Å². The van der Waals surface area contributed by atoms with E-state index in [1.807, 2.05) is 6.08 Å². The molecule has 0 unspecified atom stereocenters. The predicted octanol–water partition coefficient (Wildman–Crippen LogP) is 2.86. The van der Waals surface area contributed by atoms with E-state index in [4.69, 9.17) is 21.1 Å². The van der Waals surface area contributed by atoms with Crippen LogP contribution >= 0.6 is 11.6 Å². The van der Waals surface area contributed by atoms with E-state index in [1.54, 1.807) is 19.1 Å². The molecular weight excluding hydrogens is 348 g/mol. The van der Waals surface area contributed by atoms with Crippen molar-refractivity contribution in [3.05, 3.63) is 46.9 Å². The topological polar surface area (TPSA) is 96.4 Å². The summed E-state index contributed by atoms with van der Waals surface area (Å²) in [6.07, 6.45) is 7.43. The summed E-state index contributed by atoms with van der Waals surface area (Å²) in [4.78, 5) is 24.7. The summed E-state index contributed by atoms with van der Waals surface area (Å²) in [7, 11) is 0. The van der Waals surface area contributed by atoms with Crippen LogP contribution in [0.5, 0.6) is 0 Å². The Balaban J connectivity index is 1.90. The molecule has 6 nitrogen and oxygen atoms in total. The van der Waals surface area contributed by atoms with Crippen molar-refractivity contribution in [2.24, 2.45) is 11.8 Å². The Morgan fingerprint density at radius 1 is 1.24 bits per heavy atom. The molecule has 0 spiro atoms. The molecule has 3 rings (SSSR count). The minimum absolute atomic E-state index is 0.0371. The Hall–Kier alpha value is -2.05. The standard InChI is InChI=1S/C18H19ClO6/c1-9-6-15-14(25-15)5-3-2-4-10(20)7-11-16(18(23)24-9)12(21)8-13(22)17(11)19/h2-5,8-9,11,14-16,21-22H,6-7H2,1H3/b4-2+,5-3-/t9-,11+,14-,15-,16-/m1/s1. The first kappa shape index (κ1) is 17.8. The SMILES string of the molecule is C[C@@H]1C[C@H]2O[C@@H]2/C=C\C=C\C(=O)C[C@@H]2C(Cl)=C(O)C=C(O)[C@@H]2C(=O)O1. The lowest BCUT2D eigenvalue weighted by Crippen LogP contribution is -2.34. The van der Waals surface area contributed by atoms with Crippen molar-refractivity contribution >= 4 is 23.4 Å². The number of carbonyl (C=O) groups excluding carboxylic acids is 2. The van der Waals surface area contributed by atoms with Gasteiger partial charge in [0, 0.05) is 24.8 Å². The van der Waals surface area contributed by atoms with Gasteiger partial charge in [0.2, 0.25) is 0 Å². The first-order valence-electron chi connectivity index (χ1n) is 8.09. The predicted molar refractivity (Wildman–Crippen MR) is 89.9 cm³/mol. The van der Waals surface area contributed by atoms with Crippen molar-refractivity contribution in [1.29, 1.82) is 0 Å². The summed E-state index contributed by atoms with van der Waals surface area (Å²) < 4.78 is 10.9. The fourth-order valence-electron chi connectivity index (χ4n) is 3.12. The normalized spacial score (nSPS) is 38.6. The second-order valence-corrected chi connectivity index (χ2v) is 6.83. The van der Waals surface area contributed by atoms with Crippen LogP contribution in [-0.4, -0.2) is 40.3 Å². The van der Waals surface area contributed by atoms with E-state index < -0.39 is 23.9 Å². The number of fused-ring (bicyclic) bond motifs is 2. The van der Waals surface area contributed by atoms with Gasteiger partial charge in [-0.1, -0.05) is 29.8 Å². The molecule has 1 saturated heterocycles. The zero-order chi connectivity index (χ0) is 18.1. The second-order valence-electron chi connectivity index (χ2n) is 6.42. The molecule has 134 valence electrons. The monoisotopic (exact) mass is 366 g/mol. The molecule has 0 aromatic carbocycles. The van der Waals surface area contributed by atoms with Crippen LogP contribution in [0.15, 0.2) is 46.9 Å². The van der Waals surface area contributed by atoms with E-state index in [1.165, 1.54) is 6.08 Å². The van der Waals surface area contributed by atoms with Gasteiger partial charge in [-0.2, -0.15) is 0 Å². The Bertz CT molecular complexity index is 704. The third-order valence-corrected chi connectivity index (χ3v) is 4.92. The molecule has 5 atom stereocenters. The molecule has 7 heteroatoms. The van der Waals surface area contributed by atoms with Gasteiger partial charge in [0.05, 0.1) is 11.1 Å². The van der Waals surface area contributed by atoms with E-state index in [0.29, 0.717) is 6.42 Å². The highest BCUT2D eigenvalue weighted by Crippen LogP contribution is 2.39. The van der Waals surface area contributed by atoms with Gasteiger partial charge >= 0.3 is 5.97 Å². The average Bonchev–Trinajstić information content (AvgIpc) is 3.25. The number of aliphatic hydroxyl groups is 2.